The summed E-state index contributed by atoms with van der Waals surface area (Å²) in [5.41, 5.74) is 2.78. The van der Waals surface area contributed by atoms with Crippen molar-refractivity contribution in [1.29, 1.82) is 0 Å². The first-order chi connectivity index (χ1) is 11.5. The predicted octanol–water partition coefficient (Wildman–Crippen LogP) is 3.73. The molecule has 0 aromatic heterocycles. The second-order valence-electron chi connectivity index (χ2n) is 6.39. The maximum atomic E-state index is 12.5. The smallest absolute Gasteiger partial charge is 0.251 e. The van der Waals surface area contributed by atoms with Gasteiger partial charge in [0, 0.05) is 40.8 Å². The molecule has 0 radical (unpaired) electrons. The van der Waals surface area contributed by atoms with E-state index >= 15 is 0 Å². The second kappa shape index (κ2) is 8.78. The molecule has 0 bridgehead atoms. The number of rotatable bonds is 7. The SMILES string of the molecule is CC(C)C(CNC(=O)c1cccc(CS(C)=O)c1)c1ccccc1. The molecule has 2 unspecified atom stereocenters. The number of hydrogen-bond acceptors (Lipinski definition) is 2. The molecule has 0 aliphatic heterocycles. The van der Waals surface area contributed by atoms with Gasteiger partial charge >= 0.3 is 0 Å². The molecule has 0 heterocycles. The van der Waals surface area contributed by atoms with Crippen molar-refractivity contribution in [3.63, 3.8) is 0 Å². The highest BCUT2D eigenvalue weighted by Crippen LogP contribution is 2.23. The Balaban J connectivity index is 2.05. The van der Waals surface area contributed by atoms with Crippen LogP contribution in [0.1, 0.15) is 41.3 Å². The molecular formula is C20H25NO2S. The summed E-state index contributed by atoms with van der Waals surface area (Å²) in [5, 5.41) is 3.04. The molecule has 4 heteroatoms. The van der Waals surface area contributed by atoms with Crippen molar-refractivity contribution >= 4 is 16.7 Å². The number of amides is 1. The van der Waals surface area contributed by atoms with Gasteiger partial charge in [0.15, 0.2) is 0 Å². The van der Waals surface area contributed by atoms with Crippen LogP contribution in [0.25, 0.3) is 0 Å². The van der Waals surface area contributed by atoms with Crippen LogP contribution in [-0.2, 0) is 16.6 Å². The molecule has 0 fully saturated rings. The van der Waals surface area contributed by atoms with E-state index in [9.17, 15) is 9.00 Å². The van der Waals surface area contributed by atoms with Crippen LogP contribution in [0.2, 0.25) is 0 Å². The van der Waals surface area contributed by atoms with Gasteiger partial charge in [0.05, 0.1) is 0 Å². The minimum absolute atomic E-state index is 0.0830. The quantitative estimate of drug-likeness (QED) is 0.832. The van der Waals surface area contributed by atoms with Crippen molar-refractivity contribution in [3.05, 3.63) is 71.3 Å². The summed E-state index contributed by atoms with van der Waals surface area (Å²) < 4.78 is 11.4. The molecule has 2 rings (SSSR count). The first kappa shape index (κ1) is 18.4. The molecule has 0 saturated carbocycles. The maximum absolute atomic E-state index is 12.5. The highest BCUT2D eigenvalue weighted by molar-refractivity contribution is 7.83. The van der Waals surface area contributed by atoms with Gasteiger partial charge in [0.2, 0.25) is 0 Å². The third-order valence-corrected chi connectivity index (χ3v) is 4.81. The van der Waals surface area contributed by atoms with E-state index in [1.807, 2.05) is 36.4 Å². The van der Waals surface area contributed by atoms with Crippen LogP contribution in [0.3, 0.4) is 0 Å². The standard InChI is InChI=1S/C20H25NO2S/c1-15(2)19(17-9-5-4-6-10-17)13-21-20(22)18-11-7-8-16(12-18)14-24(3)23/h4-12,15,19H,13-14H2,1-3H3,(H,21,22). The minimum Gasteiger partial charge on any atom is -0.351 e. The van der Waals surface area contributed by atoms with Gasteiger partial charge in [-0.1, -0.05) is 56.3 Å². The monoisotopic (exact) mass is 343 g/mol. The fourth-order valence-electron chi connectivity index (χ4n) is 2.78. The molecule has 2 aromatic carbocycles. The molecule has 0 aliphatic rings. The topological polar surface area (TPSA) is 46.2 Å². The summed E-state index contributed by atoms with van der Waals surface area (Å²) in [5.74, 6) is 1.10. The van der Waals surface area contributed by atoms with Crippen LogP contribution in [0.15, 0.2) is 54.6 Å². The Kier molecular flexibility index (Phi) is 6.73. The van der Waals surface area contributed by atoms with E-state index in [4.69, 9.17) is 0 Å². The Bertz CT molecular complexity index is 698. The summed E-state index contributed by atoms with van der Waals surface area (Å²) in [7, 11) is -0.912. The zero-order valence-electron chi connectivity index (χ0n) is 14.5. The Labute approximate surface area is 146 Å². The van der Waals surface area contributed by atoms with Crippen LogP contribution in [0.4, 0.5) is 0 Å². The lowest BCUT2D eigenvalue weighted by Gasteiger charge is -2.22. The lowest BCUT2D eigenvalue weighted by Crippen LogP contribution is -2.30. The zero-order valence-corrected chi connectivity index (χ0v) is 15.3. The van der Waals surface area contributed by atoms with Crippen molar-refractivity contribution in [2.45, 2.75) is 25.5 Å². The third kappa shape index (κ3) is 5.31. The van der Waals surface area contributed by atoms with Crippen molar-refractivity contribution in [1.82, 2.24) is 5.32 Å². The van der Waals surface area contributed by atoms with Gasteiger partial charge in [-0.05, 0) is 29.2 Å². The average Bonchev–Trinajstić information content (AvgIpc) is 2.55. The molecule has 2 atom stereocenters. The van der Waals surface area contributed by atoms with Crippen molar-refractivity contribution in [2.24, 2.45) is 5.92 Å². The van der Waals surface area contributed by atoms with Gasteiger partial charge in [-0.25, -0.2) is 0 Å². The van der Waals surface area contributed by atoms with E-state index < -0.39 is 10.8 Å². The van der Waals surface area contributed by atoms with E-state index in [-0.39, 0.29) is 11.8 Å². The van der Waals surface area contributed by atoms with Crippen LogP contribution < -0.4 is 5.32 Å². The van der Waals surface area contributed by atoms with Gasteiger partial charge in [-0.3, -0.25) is 9.00 Å². The molecule has 1 N–H and O–H groups in total. The third-order valence-electron chi connectivity index (χ3n) is 4.07. The normalized spacial score (nSPS) is 13.5. The fraction of sp³-hybridized carbons (Fsp3) is 0.350. The van der Waals surface area contributed by atoms with Gasteiger partial charge < -0.3 is 5.32 Å². The Morgan fingerprint density at radius 1 is 1.08 bits per heavy atom. The lowest BCUT2D eigenvalue weighted by atomic mass is 9.88. The Morgan fingerprint density at radius 3 is 2.42 bits per heavy atom. The molecule has 0 saturated heterocycles. The molecule has 3 nitrogen and oxygen atoms in total. The largest absolute Gasteiger partial charge is 0.351 e. The highest BCUT2D eigenvalue weighted by Gasteiger charge is 2.17. The van der Waals surface area contributed by atoms with Crippen molar-refractivity contribution in [3.8, 4) is 0 Å². The first-order valence-electron chi connectivity index (χ1n) is 8.19. The summed E-state index contributed by atoms with van der Waals surface area (Å²) in [6, 6.07) is 17.6. The number of benzene rings is 2. The van der Waals surface area contributed by atoms with Crippen molar-refractivity contribution < 1.29 is 9.00 Å². The molecule has 24 heavy (non-hydrogen) atoms. The highest BCUT2D eigenvalue weighted by atomic mass is 32.2. The first-order valence-corrected chi connectivity index (χ1v) is 9.92. The minimum atomic E-state index is -0.912. The van der Waals surface area contributed by atoms with Gasteiger partial charge in [-0.15, -0.1) is 0 Å². The van der Waals surface area contributed by atoms with E-state index in [2.05, 4.69) is 31.3 Å². The van der Waals surface area contributed by atoms with E-state index in [0.717, 1.165) is 5.56 Å². The van der Waals surface area contributed by atoms with Crippen LogP contribution >= 0.6 is 0 Å². The number of carbonyl (C=O) groups excluding carboxylic acids is 1. The summed E-state index contributed by atoms with van der Waals surface area (Å²) >= 11 is 0. The fourth-order valence-corrected chi connectivity index (χ4v) is 3.43. The Morgan fingerprint density at radius 2 is 1.79 bits per heavy atom. The van der Waals surface area contributed by atoms with Crippen molar-refractivity contribution in [2.75, 3.05) is 12.8 Å². The lowest BCUT2D eigenvalue weighted by molar-refractivity contribution is 0.0949. The average molecular weight is 343 g/mol. The molecule has 0 spiro atoms. The molecular weight excluding hydrogens is 318 g/mol. The summed E-state index contributed by atoms with van der Waals surface area (Å²) in [6.07, 6.45) is 1.67. The van der Waals surface area contributed by atoms with Gasteiger partial charge in [-0.2, -0.15) is 0 Å². The number of nitrogens with one attached hydrogen (secondary N) is 1. The second-order valence-corrected chi connectivity index (χ2v) is 7.82. The van der Waals surface area contributed by atoms with Gasteiger partial charge in [0.25, 0.3) is 5.91 Å². The maximum Gasteiger partial charge on any atom is 0.251 e. The van der Waals surface area contributed by atoms with Crippen LogP contribution in [0.5, 0.6) is 0 Å². The van der Waals surface area contributed by atoms with Gasteiger partial charge in [0.1, 0.15) is 0 Å². The van der Waals surface area contributed by atoms with E-state index in [1.54, 1.807) is 12.3 Å². The molecule has 0 aliphatic carbocycles. The summed E-state index contributed by atoms with van der Waals surface area (Å²) in [6.45, 7) is 4.94. The number of carbonyl (C=O) groups is 1. The summed E-state index contributed by atoms with van der Waals surface area (Å²) in [4.78, 5) is 12.5. The molecule has 128 valence electrons. The predicted molar refractivity (Wildman–Crippen MR) is 101 cm³/mol. The molecule has 2 aromatic rings. The van der Waals surface area contributed by atoms with Crippen LogP contribution in [-0.4, -0.2) is 22.9 Å². The zero-order chi connectivity index (χ0) is 17.5. The molecule has 1 amide bonds. The Hall–Kier alpha value is -1.94. The number of hydrogen-bond donors (Lipinski definition) is 1. The van der Waals surface area contributed by atoms with E-state index in [0.29, 0.717) is 23.8 Å². The van der Waals surface area contributed by atoms with Crippen LogP contribution in [0, 0.1) is 5.92 Å². The van der Waals surface area contributed by atoms with E-state index in [1.165, 1.54) is 5.56 Å².